The minimum Gasteiger partial charge on any atom is -0.444 e. The number of benzene rings is 1. The zero-order valence-corrected chi connectivity index (χ0v) is 19.3. The molecule has 1 aromatic heterocycles. The number of aromatic amines is 1. The van der Waals surface area contributed by atoms with E-state index in [1.807, 2.05) is 76.3 Å². The molecule has 0 radical (unpaired) electrons. The third-order valence-electron chi connectivity index (χ3n) is 5.13. The molecule has 1 aromatic carbocycles. The quantitative estimate of drug-likeness (QED) is 0.419. The Labute approximate surface area is 190 Å². The molecule has 6 heteroatoms. The fourth-order valence-corrected chi connectivity index (χ4v) is 3.61. The summed E-state index contributed by atoms with van der Waals surface area (Å²) in [5, 5.41) is 0. The van der Waals surface area contributed by atoms with E-state index in [0.717, 1.165) is 41.2 Å². The molecular weight excluding hydrogens is 400 g/mol. The molecule has 1 amide bonds. The average Bonchev–Trinajstić information content (AvgIpc) is 3.41. The highest BCUT2D eigenvalue weighted by Crippen LogP contribution is 2.31. The molecule has 3 rings (SSSR count). The topological polar surface area (TPSA) is 70.6 Å². The van der Waals surface area contributed by atoms with E-state index in [-0.39, 0.29) is 12.1 Å². The summed E-state index contributed by atoms with van der Waals surface area (Å²) < 4.78 is 5.54. The van der Waals surface area contributed by atoms with Gasteiger partial charge in [-0.05, 0) is 76.0 Å². The molecule has 168 valence electrons. The number of nitrogens with one attached hydrogen (secondary N) is 1. The molecule has 0 spiro atoms. The monoisotopic (exact) mass is 432 g/mol. The van der Waals surface area contributed by atoms with Crippen molar-refractivity contribution >= 4 is 29.6 Å². The number of nitrogens with zero attached hydrogens (tertiary/aromatic N) is 3. The van der Waals surface area contributed by atoms with E-state index >= 15 is 0 Å². The minimum atomic E-state index is -0.512. The summed E-state index contributed by atoms with van der Waals surface area (Å²) in [7, 11) is 0. The van der Waals surface area contributed by atoms with Crippen molar-refractivity contribution in [1.82, 2.24) is 14.9 Å². The van der Waals surface area contributed by atoms with Gasteiger partial charge in [0.25, 0.3) is 0 Å². The van der Waals surface area contributed by atoms with Crippen molar-refractivity contribution < 1.29 is 9.53 Å². The van der Waals surface area contributed by atoms with E-state index < -0.39 is 5.60 Å². The standard InChI is InChI=1S/C26H32N4O2/c1-6-19(7-2)20-12-14-21(15-13-20)27-16-8-10-22-18-28-24(29-22)23-11-9-17-30(23)25(31)32-26(3,4)5/h6-8,10,12-16,18,23H,1,9,11,17H2,2-5H3,(H,28,29)/b10-8+,19-7+,27-16?. The summed E-state index contributed by atoms with van der Waals surface area (Å²) in [5.41, 5.74) is 3.45. The first-order chi connectivity index (χ1) is 15.3. The Kier molecular flexibility index (Phi) is 7.46. The third kappa shape index (κ3) is 6.06. The zero-order chi connectivity index (χ0) is 23.1. The summed E-state index contributed by atoms with van der Waals surface area (Å²) in [4.78, 5) is 26.5. The van der Waals surface area contributed by atoms with Gasteiger partial charge in [-0.15, -0.1) is 0 Å². The van der Waals surface area contributed by atoms with Gasteiger partial charge in [-0.2, -0.15) is 0 Å². The maximum Gasteiger partial charge on any atom is 0.410 e. The number of imidazole rings is 1. The van der Waals surface area contributed by atoms with E-state index in [1.165, 1.54) is 0 Å². The maximum atomic E-state index is 12.5. The highest BCUT2D eigenvalue weighted by molar-refractivity contribution is 5.80. The van der Waals surface area contributed by atoms with Gasteiger partial charge in [-0.1, -0.05) is 30.9 Å². The molecule has 1 unspecified atom stereocenters. The smallest absolute Gasteiger partial charge is 0.410 e. The fraction of sp³-hybridized carbons (Fsp3) is 0.346. The Morgan fingerprint density at radius 1 is 1.31 bits per heavy atom. The molecule has 1 fully saturated rings. The summed E-state index contributed by atoms with van der Waals surface area (Å²) in [5.74, 6) is 0.780. The van der Waals surface area contributed by atoms with Gasteiger partial charge in [0.15, 0.2) is 0 Å². The first-order valence-electron chi connectivity index (χ1n) is 10.9. The molecule has 32 heavy (non-hydrogen) atoms. The van der Waals surface area contributed by atoms with Gasteiger partial charge in [-0.3, -0.25) is 9.89 Å². The van der Waals surface area contributed by atoms with Gasteiger partial charge in [0.2, 0.25) is 0 Å². The van der Waals surface area contributed by atoms with E-state index in [2.05, 4.69) is 21.5 Å². The van der Waals surface area contributed by atoms with Crippen LogP contribution in [0.1, 0.15) is 63.7 Å². The molecule has 1 aliphatic rings. The highest BCUT2D eigenvalue weighted by atomic mass is 16.6. The molecule has 6 nitrogen and oxygen atoms in total. The molecule has 2 heterocycles. The number of allylic oxidation sites excluding steroid dienone is 4. The second kappa shape index (κ2) is 10.3. The minimum absolute atomic E-state index is 0.0863. The Morgan fingerprint density at radius 2 is 2.06 bits per heavy atom. The van der Waals surface area contributed by atoms with Gasteiger partial charge in [0.05, 0.1) is 23.6 Å². The summed E-state index contributed by atoms with van der Waals surface area (Å²) >= 11 is 0. The van der Waals surface area contributed by atoms with Gasteiger partial charge in [0.1, 0.15) is 11.4 Å². The number of carbonyl (C=O) groups is 1. The predicted octanol–water partition coefficient (Wildman–Crippen LogP) is 6.49. The summed E-state index contributed by atoms with van der Waals surface area (Å²) in [6.07, 6.45) is 12.7. The number of carbonyl (C=O) groups excluding carboxylic acids is 1. The Bertz CT molecular complexity index is 1020. The van der Waals surface area contributed by atoms with Crippen LogP contribution in [-0.2, 0) is 4.74 Å². The highest BCUT2D eigenvalue weighted by Gasteiger charge is 2.34. The Morgan fingerprint density at radius 3 is 2.72 bits per heavy atom. The largest absolute Gasteiger partial charge is 0.444 e. The second-order valence-corrected chi connectivity index (χ2v) is 8.69. The lowest BCUT2D eigenvalue weighted by Crippen LogP contribution is -2.36. The molecule has 2 aromatic rings. The van der Waals surface area contributed by atoms with Crippen LogP contribution < -0.4 is 0 Å². The van der Waals surface area contributed by atoms with Crippen molar-refractivity contribution in [3.05, 3.63) is 72.4 Å². The summed E-state index contributed by atoms with van der Waals surface area (Å²) in [6, 6.07) is 7.94. The normalized spacial score (nSPS) is 17.4. The van der Waals surface area contributed by atoms with Crippen LogP contribution in [0.3, 0.4) is 0 Å². The number of ether oxygens (including phenoxy) is 1. The average molecular weight is 433 g/mol. The van der Waals surface area contributed by atoms with Gasteiger partial charge >= 0.3 is 6.09 Å². The van der Waals surface area contributed by atoms with Crippen LogP contribution in [0.5, 0.6) is 0 Å². The summed E-state index contributed by atoms with van der Waals surface area (Å²) in [6.45, 7) is 12.1. The van der Waals surface area contributed by atoms with E-state index in [9.17, 15) is 4.79 Å². The van der Waals surface area contributed by atoms with Crippen LogP contribution in [0.4, 0.5) is 10.5 Å². The molecule has 1 atom stereocenters. The molecular formula is C26H32N4O2. The van der Waals surface area contributed by atoms with E-state index in [0.29, 0.717) is 6.54 Å². The number of aliphatic imine (C=N–C) groups is 1. The van der Waals surface area contributed by atoms with E-state index in [1.54, 1.807) is 17.3 Å². The molecule has 0 bridgehead atoms. The van der Waals surface area contributed by atoms with Crippen molar-refractivity contribution in [2.45, 2.75) is 52.2 Å². The SMILES string of the molecule is C=C/C(=C\C)c1ccc(N=C/C=C/c2cnc(C3CCCN3C(=O)OC(C)(C)C)[nH]2)cc1. The van der Waals surface area contributed by atoms with Crippen LogP contribution in [0.2, 0.25) is 0 Å². The number of likely N-dealkylation sites (tertiary alicyclic amines) is 1. The first kappa shape index (κ1) is 23.3. The molecule has 1 N–H and O–H groups in total. The number of aromatic nitrogens is 2. The van der Waals surface area contributed by atoms with Crippen LogP contribution >= 0.6 is 0 Å². The third-order valence-corrected chi connectivity index (χ3v) is 5.13. The van der Waals surface area contributed by atoms with Crippen molar-refractivity contribution in [2.75, 3.05) is 6.54 Å². The first-order valence-corrected chi connectivity index (χ1v) is 10.9. The fourth-order valence-electron chi connectivity index (χ4n) is 3.61. The Hall–Kier alpha value is -3.41. The van der Waals surface area contributed by atoms with Crippen molar-refractivity contribution in [3.8, 4) is 0 Å². The lowest BCUT2D eigenvalue weighted by Gasteiger charge is -2.27. The van der Waals surface area contributed by atoms with Crippen molar-refractivity contribution in [3.63, 3.8) is 0 Å². The van der Waals surface area contributed by atoms with Crippen LogP contribution in [0.15, 0.2) is 60.3 Å². The van der Waals surface area contributed by atoms with Crippen molar-refractivity contribution in [1.29, 1.82) is 0 Å². The second-order valence-electron chi connectivity index (χ2n) is 8.69. The number of amides is 1. The van der Waals surface area contributed by atoms with Gasteiger partial charge in [0, 0.05) is 12.8 Å². The number of rotatable bonds is 6. The molecule has 0 saturated carbocycles. The number of hydrogen-bond acceptors (Lipinski definition) is 4. The van der Waals surface area contributed by atoms with E-state index in [4.69, 9.17) is 4.74 Å². The van der Waals surface area contributed by atoms with Gasteiger partial charge < -0.3 is 9.72 Å². The number of hydrogen-bond donors (Lipinski definition) is 1. The van der Waals surface area contributed by atoms with Gasteiger partial charge in [-0.25, -0.2) is 9.78 Å². The lowest BCUT2D eigenvalue weighted by atomic mass is 10.1. The molecule has 1 aliphatic heterocycles. The molecule has 0 aliphatic carbocycles. The van der Waals surface area contributed by atoms with Crippen molar-refractivity contribution in [2.24, 2.45) is 4.99 Å². The zero-order valence-electron chi connectivity index (χ0n) is 19.3. The molecule has 1 saturated heterocycles. The maximum absolute atomic E-state index is 12.5. The van der Waals surface area contributed by atoms with Crippen LogP contribution in [0, 0.1) is 0 Å². The predicted molar refractivity (Wildman–Crippen MR) is 131 cm³/mol. The van der Waals surface area contributed by atoms with Crippen LogP contribution in [0.25, 0.3) is 11.6 Å². The Balaban J connectivity index is 1.61. The number of H-pyrrole nitrogens is 1. The lowest BCUT2D eigenvalue weighted by molar-refractivity contribution is 0.0218. The van der Waals surface area contributed by atoms with Crippen LogP contribution in [-0.4, -0.2) is 39.3 Å².